The van der Waals surface area contributed by atoms with Crippen molar-refractivity contribution in [2.75, 3.05) is 6.54 Å². The Morgan fingerprint density at radius 3 is 2.48 bits per heavy atom. The first kappa shape index (κ1) is 17.8. The van der Waals surface area contributed by atoms with Gasteiger partial charge in [-0.15, -0.1) is 0 Å². The highest BCUT2D eigenvalue weighted by molar-refractivity contribution is 8.13. The highest BCUT2D eigenvalue weighted by Gasteiger charge is 2.24. The van der Waals surface area contributed by atoms with Crippen molar-refractivity contribution >= 4 is 25.6 Å². The van der Waals surface area contributed by atoms with Gasteiger partial charge in [0.25, 0.3) is 15.0 Å². The van der Waals surface area contributed by atoms with Crippen LogP contribution in [0.25, 0.3) is 0 Å². The molecule has 4 nitrogen and oxygen atoms in total. The summed E-state index contributed by atoms with van der Waals surface area (Å²) >= 11 is 0. The lowest BCUT2D eigenvalue weighted by Crippen LogP contribution is -2.26. The number of halogens is 3. The van der Waals surface area contributed by atoms with Gasteiger partial charge in [0.05, 0.1) is 5.56 Å². The summed E-state index contributed by atoms with van der Waals surface area (Å²) in [7, 11) is 0.541. The first-order chi connectivity index (χ1) is 9.77. The third-order valence-electron chi connectivity index (χ3n) is 2.83. The van der Waals surface area contributed by atoms with Crippen molar-refractivity contribution in [2.45, 2.75) is 37.5 Å². The van der Waals surface area contributed by atoms with Crippen molar-refractivity contribution in [2.24, 2.45) is 0 Å². The minimum Gasteiger partial charge on any atom is -0.352 e. The topological polar surface area (TPSA) is 63.2 Å². The van der Waals surface area contributed by atoms with Crippen molar-refractivity contribution in [1.29, 1.82) is 0 Å². The standard InChI is InChI=1S/C13H16ClF2NO3S/c1-2-3-4-5-6-17-13(18)10-7-9(15)8-11(12(10)16)21(14,19)20/h7-8H,2-6H2,1H3,(H,17,18). The fraction of sp³-hybridized carbons (Fsp3) is 0.462. The van der Waals surface area contributed by atoms with Crippen LogP contribution in [0.3, 0.4) is 0 Å². The van der Waals surface area contributed by atoms with Gasteiger partial charge in [-0.25, -0.2) is 17.2 Å². The van der Waals surface area contributed by atoms with Gasteiger partial charge in [0.2, 0.25) is 0 Å². The number of benzene rings is 1. The summed E-state index contributed by atoms with van der Waals surface area (Å²) in [6, 6.07) is 1.08. The zero-order valence-corrected chi connectivity index (χ0v) is 13.0. The maximum Gasteiger partial charge on any atom is 0.264 e. The van der Waals surface area contributed by atoms with E-state index in [1.54, 1.807) is 0 Å². The van der Waals surface area contributed by atoms with E-state index >= 15 is 0 Å². The van der Waals surface area contributed by atoms with Gasteiger partial charge >= 0.3 is 0 Å². The number of hydrogen-bond donors (Lipinski definition) is 1. The van der Waals surface area contributed by atoms with Gasteiger partial charge in [0.15, 0.2) is 5.82 Å². The Labute approximate surface area is 126 Å². The maximum atomic E-state index is 13.9. The molecule has 0 unspecified atom stereocenters. The van der Waals surface area contributed by atoms with Crippen LogP contribution < -0.4 is 5.32 Å². The molecule has 1 amide bonds. The van der Waals surface area contributed by atoms with E-state index < -0.39 is 37.1 Å². The molecule has 118 valence electrons. The molecular formula is C13H16ClF2NO3S. The SMILES string of the molecule is CCCCCCNC(=O)c1cc(F)cc(S(=O)(=O)Cl)c1F. The minimum absolute atomic E-state index is 0.303. The van der Waals surface area contributed by atoms with Crippen molar-refractivity contribution in [3.63, 3.8) is 0 Å². The number of carbonyl (C=O) groups is 1. The van der Waals surface area contributed by atoms with Gasteiger partial charge in [-0.1, -0.05) is 26.2 Å². The lowest BCUT2D eigenvalue weighted by atomic mass is 10.1. The molecule has 8 heteroatoms. The normalized spacial score (nSPS) is 11.4. The summed E-state index contributed by atoms with van der Waals surface area (Å²) in [6.07, 6.45) is 3.66. The molecule has 0 spiro atoms. The average molecular weight is 340 g/mol. The fourth-order valence-electron chi connectivity index (χ4n) is 1.76. The molecule has 1 aromatic rings. The molecule has 0 bridgehead atoms. The Morgan fingerprint density at radius 2 is 1.90 bits per heavy atom. The smallest absolute Gasteiger partial charge is 0.264 e. The van der Waals surface area contributed by atoms with Crippen LogP contribution in [0, 0.1) is 11.6 Å². The van der Waals surface area contributed by atoms with Crippen LogP contribution in [-0.4, -0.2) is 20.9 Å². The van der Waals surface area contributed by atoms with E-state index in [2.05, 4.69) is 5.32 Å². The van der Waals surface area contributed by atoms with Crippen molar-refractivity contribution in [1.82, 2.24) is 5.32 Å². The number of unbranched alkanes of at least 4 members (excludes halogenated alkanes) is 3. The minimum atomic E-state index is -4.47. The van der Waals surface area contributed by atoms with Crippen LogP contribution in [0.1, 0.15) is 43.0 Å². The Bertz CT molecular complexity index is 620. The highest BCUT2D eigenvalue weighted by atomic mass is 35.7. The quantitative estimate of drug-likeness (QED) is 0.613. The Morgan fingerprint density at radius 1 is 1.24 bits per heavy atom. The first-order valence-corrected chi connectivity index (χ1v) is 8.80. The molecule has 21 heavy (non-hydrogen) atoms. The van der Waals surface area contributed by atoms with Gasteiger partial charge in [0.1, 0.15) is 10.7 Å². The van der Waals surface area contributed by atoms with E-state index in [9.17, 15) is 22.0 Å². The van der Waals surface area contributed by atoms with E-state index in [1.165, 1.54) is 0 Å². The summed E-state index contributed by atoms with van der Waals surface area (Å²) in [6.45, 7) is 2.34. The molecule has 1 aromatic carbocycles. The van der Waals surface area contributed by atoms with Crippen LogP contribution in [0.5, 0.6) is 0 Å². The second-order valence-electron chi connectivity index (χ2n) is 4.52. The van der Waals surface area contributed by atoms with Crippen molar-refractivity contribution in [3.8, 4) is 0 Å². The second kappa shape index (κ2) is 7.70. The molecule has 0 radical (unpaired) electrons. The maximum absolute atomic E-state index is 13.9. The Balaban J connectivity index is 2.88. The van der Waals surface area contributed by atoms with Gasteiger partial charge in [-0.2, -0.15) is 0 Å². The molecule has 0 aliphatic rings. The van der Waals surface area contributed by atoms with E-state index in [1.807, 2.05) is 6.92 Å². The number of amides is 1. The zero-order chi connectivity index (χ0) is 16.0. The number of hydrogen-bond acceptors (Lipinski definition) is 3. The predicted molar refractivity (Wildman–Crippen MR) is 75.9 cm³/mol. The lowest BCUT2D eigenvalue weighted by molar-refractivity contribution is 0.0948. The monoisotopic (exact) mass is 339 g/mol. The summed E-state index contributed by atoms with van der Waals surface area (Å²) in [4.78, 5) is 10.7. The molecule has 0 saturated heterocycles. The Kier molecular flexibility index (Phi) is 6.54. The van der Waals surface area contributed by atoms with Gasteiger partial charge in [-0.05, 0) is 18.6 Å². The highest BCUT2D eigenvalue weighted by Crippen LogP contribution is 2.23. The van der Waals surface area contributed by atoms with E-state index in [4.69, 9.17) is 10.7 Å². The molecule has 0 fully saturated rings. The largest absolute Gasteiger partial charge is 0.352 e. The summed E-state index contributed by atoms with van der Waals surface area (Å²) in [5.74, 6) is -3.27. The third-order valence-corrected chi connectivity index (χ3v) is 4.15. The van der Waals surface area contributed by atoms with Crippen LogP contribution in [0.2, 0.25) is 0 Å². The fourth-order valence-corrected chi connectivity index (χ4v) is 2.67. The number of carbonyl (C=O) groups excluding carboxylic acids is 1. The van der Waals surface area contributed by atoms with Crippen LogP contribution in [0.4, 0.5) is 8.78 Å². The lowest BCUT2D eigenvalue weighted by Gasteiger charge is -2.08. The van der Waals surface area contributed by atoms with Crippen LogP contribution >= 0.6 is 10.7 Å². The summed E-state index contributed by atoms with van der Waals surface area (Å²) in [5.41, 5.74) is -0.676. The van der Waals surface area contributed by atoms with Crippen molar-refractivity contribution < 1.29 is 22.0 Å². The Hall–Kier alpha value is -1.21. The third kappa shape index (κ3) is 5.24. The summed E-state index contributed by atoms with van der Waals surface area (Å²) < 4.78 is 49.5. The van der Waals surface area contributed by atoms with E-state index in [0.717, 1.165) is 19.3 Å². The van der Waals surface area contributed by atoms with Crippen LogP contribution in [0.15, 0.2) is 17.0 Å². The van der Waals surface area contributed by atoms with Gasteiger partial charge < -0.3 is 5.32 Å². The second-order valence-corrected chi connectivity index (χ2v) is 7.05. The molecule has 1 rings (SSSR count). The summed E-state index contributed by atoms with van der Waals surface area (Å²) in [5, 5.41) is 2.42. The zero-order valence-electron chi connectivity index (χ0n) is 11.5. The molecule has 0 atom stereocenters. The number of rotatable bonds is 7. The van der Waals surface area contributed by atoms with Crippen molar-refractivity contribution in [3.05, 3.63) is 29.3 Å². The molecule has 0 aliphatic carbocycles. The number of nitrogens with one attached hydrogen (secondary N) is 1. The predicted octanol–water partition coefficient (Wildman–Crippen LogP) is 3.20. The molecule has 0 heterocycles. The molecular weight excluding hydrogens is 324 g/mol. The van der Waals surface area contributed by atoms with E-state index in [-0.39, 0.29) is 0 Å². The first-order valence-electron chi connectivity index (χ1n) is 6.49. The average Bonchev–Trinajstić information content (AvgIpc) is 2.39. The van der Waals surface area contributed by atoms with Gasteiger partial charge in [-0.3, -0.25) is 4.79 Å². The van der Waals surface area contributed by atoms with E-state index in [0.29, 0.717) is 25.1 Å². The van der Waals surface area contributed by atoms with Crippen LogP contribution in [-0.2, 0) is 9.05 Å². The molecule has 0 saturated carbocycles. The van der Waals surface area contributed by atoms with Gasteiger partial charge in [0, 0.05) is 17.2 Å². The molecule has 0 aliphatic heterocycles. The molecule has 0 aromatic heterocycles. The molecule has 1 N–H and O–H groups in total.